The minimum Gasteiger partial charge on any atom is -0.353 e. The first-order chi connectivity index (χ1) is 18.1. The number of hydrogen-bond donors (Lipinski definition) is 2. The van der Waals surface area contributed by atoms with E-state index in [4.69, 9.17) is 0 Å². The van der Waals surface area contributed by atoms with Crippen LogP contribution in [0, 0.1) is 0 Å². The average Bonchev–Trinajstić information content (AvgIpc) is 3.36. The quantitative estimate of drug-likeness (QED) is 0.481. The molecule has 1 saturated heterocycles. The van der Waals surface area contributed by atoms with Crippen LogP contribution in [-0.2, 0) is 34.2 Å². The Balaban J connectivity index is 1.35. The largest absolute Gasteiger partial charge is 0.353 e. The van der Waals surface area contributed by atoms with Crippen LogP contribution in [0.4, 0.5) is 0 Å². The zero-order valence-electron chi connectivity index (χ0n) is 22.2. The van der Waals surface area contributed by atoms with Gasteiger partial charge in [0.25, 0.3) is 0 Å². The maximum atomic E-state index is 13.4. The molecule has 2 atom stereocenters. The highest BCUT2D eigenvalue weighted by Gasteiger charge is 2.39. The first kappa shape index (κ1) is 26.5. The maximum Gasteiger partial charge on any atom is 0.243 e. The van der Waals surface area contributed by atoms with Gasteiger partial charge in [-0.25, -0.2) is 13.1 Å². The van der Waals surface area contributed by atoms with Crippen LogP contribution in [0.5, 0.6) is 0 Å². The van der Waals surface area contributed by atoms with Crippen molar-refractivity contribution in [3.63, 3.8) is 0 Å². The lowest BCUT2D eigenvalue weighted by Crippen LogP contribution is -2.57. The Hall–Kier alpha value is -3.08. The molecule has 2 aliphatic rings. The van der Waals surface area contributed by atoms with Gasteiger partial charge in [0, 0.05) is 37.8 Å². The van der Waals surface area contributed by atoms with Gasteiger partial charge in [-0.3, -0.25) is 4.79 Å². The average molecular weight is 537 g/mol. The van der Waals surface area contributed by atoms with E-state index in [-0.39, 0.29) is 41.9 Å². The standard InChI is InChI=1S/C28H36N6O3S/c1-28(2,3)30-18-20-12-13-24-21(16-20)8-7-11-25(24)33-19-22(31-32-33)17-26-27(35)29-14-15-34(26)38(36,37)23-9-5-4-6-10-23/h4-6,9-10,12-13,16,19,25-26,30H,7-8,11,14-15,17-18H2,1-3H3,(H,29,35)/t25-,26?/m1/s1. The summed E-state index contributed by atoms with van der Waals surface area (Å²) in [6, 6.07) is 14.1. The fourth-order valence-electron chi connectivity index (χ4n) is 5.26. The molecule has 0 bridgehead atoms. The van der Waals surface area contributed by atoms with Gasteiger partial charge >= 0.3 is 0 Å². The zero-order valence-corrected chi connectivity index (χ0v) is 23.0. The van der Waals surface area contributed by atoms with E-state index in [1.165, 1.54) is 21.0 Å². The number of nitrogens with one attached hydrogen (secondary N) is 2. The number of nitrogens with zero attached hydrogens (tertiary/aromatic N) is 4. The third kappa shape index (κ3) is 5.67. The van der Waals surface area contributed by atoms with Crippen molar-refractivity contribution in [2.24, 2.45) is 0 Å². The molecule has 10 heteroatoms. The van der Waals surface area contributed by atoms with Crippen molar-refractivity contribution in [3.05, 3.63) is 77.1 Å². The first-order valence-electron chi connectivity index (χ1n) is 13.2. The van der Waals surface area contributed by atoms with Crippen LogP contribution in [0.15, 0.2) is 59.6 Å². The summed E-state index contributed by atoms with van der Waals surface area (Å²) in [6.07, 6.45) is 5.06. The number of amides is 1. The summed E-state index contributed by atoms with van der Waals surface area (Å²) in [5.41, 5.74) is 4.50. The number of aryl methyl sites for hydroxylation is 1. The predicted molar refractivity (Wildman–Crippen MR) is 145 cm³/mol. The van der Waals surface area contributed by atoms with Gasteiger partial charge in [-0.05, 0) is 68.9 Å². The molecule has 0 radical (unpaired) electrons. The van der Waals surface area contributed by atoms with Gasteiger partial charge in [-0.15, -0.1) is 5.10 Å². The summed E-state index contributed by atoms with van der Waals surface area (Å²) in [7, 11) is -3.82. The van der Waals surface area contributed by atoms with Crippen molar-refractivity contribution in [2.45, 2.75) is 75.5 Å². The molecule has 202 valence electrons. The lowest BCUT2D eigenvalue weighted by atomic mass is 9.86. The molecule has 1 fully saturated rings. The second kappa shape index (κ2) is 10.6. The summed E-state index contributed by atoms with van der Waals surface area (Å²) < 4.78 is 29.9. The Labute approximate surface area is 224 Å². The number of carbonyl (C=O) groups excluding carboxylic acids is 1. The van der Waals surface area contributed by atoms with E-state index in [2.05, 4.69) is 59.9 Å². The number of fused-ring (bicyclic) bond motifs is 1. The summed E-state index contributed by atoms with van der Waals surface area (Å²) in [6.45, 7) is 7.80. The SMILES string of the molecule is CC(C)(C)NCc1ccc2c(c1)CCC[C@H]2n1cc(CC2C(=O)NCCN2S(=O)(=O)c2ccccc2)nn1. The smallest absolute Gasteiger partial charge is 0.243 e. The van der Waals surface area contributed by atoms with Crippen LogP contribution in [0.1, 0.15) is 62.0 Å². The van der Waals surface area contributed by atoms with E-state index in [0.29, 0.717) is 5.69 Å². The molecule has 1 amide bonds. The maximum absolute atomic E-state index is 13.4. The summed E-state index contributed by atoms with van der Waals surface area (Å²) in [4.78, 5) is 13.0. The number of aromatic nitrogens is 3. The van der Waals surface area contributed by atoms with Crippen LogP contribution in [0.3, 0.4) is 0 Å². The topological polar surface area (TPSA) is 109 Å². The number of hydrogen-bond acceptors (Lipinski definition) is 6. The molecule has 1 aliphatic carbocycles. The molecule has 3 aromatic rings. The van der Waals surface area contributed by atoms with Crippen molar-refractivity contribution >= 4 is 15.9 Å². The lowest BCUT2D eigenvalue weighted by Gasteiger charge is -2.33. The summed E-state index contributed by atoms with van der Waals surface area (Å²) in [5.74, 6) is -0.315. The minimum atomic E-state index is -3.82. The highest BCUT2D eigenvalue weighted by Crippen LogP contribution is 2.33. The van der Waals surface area contributed by atoms with E-state index in [9.17, 15) is 13.2 Å². The van der Waals surface area contributed by atoms with Gasteiger partial charge < -0.3 is 10.6 Å². The Morgan fingerprint density at radius 3 is 2.68 bits per heavy atom. The Bertz CT molecular complexity index is 1400. The molecule has 5 rings (SSSR count). The van der Waals surface area contributed by atoms with Gasteiger partial charge in [0.2, 0.25) is 15.9 Å². The van der Waals surface area contributed by atoms with Crippen molar-refractivity contribution in [3.8, 4) is 0 Å². The van der Waals surface area contributed by atoms with Gasteiger partial charge in [0.05, 0.1) is 16.6 Å². The van der Waals surface area contributed by atoms with Gasteiger partial charge in [0.1, 0.15) is 6.04 Å². The summed E-state index contributed by atoms with van der Waals surface area (Å²) >= 11 is 0. The molecule has 2 N–H and O–H groups in total. The number of benzene rings is 2. The molecule has 38 heavy (non-hydrogen) atoms. The number of rotatable bonds is 7. The predicted octanol–water partition coefficient (Wildman–Crippen LogP) is 2.82. The Morgan fingerprint density at radius 2 is 1.92 bits per heavy atom. The van der Waals surface area contributed by atoms with Crippen LogP contribution in [0.25, 0.3) is 0 Å². The molecule has 1 aromatic heterocycles. The molecule has 2 heterocycles. The molecule has 1 unspecified atom stereocenters. The third-order valence-corrected chi connectivity index (χ3v) is 9.15. The lowest BCUT2D eigenvalue weighted by molar-refractivity contribution is -0.126. The fourth-order valence-corrected chi connectivity index (χ4v) is 6.86. The van der Waals surface area contributed by atoms with E-state index in [1.807, 2.05) is 10.9 Å². The van der Waals surface area contributed by atoms with Gasteiger partial charge in [0.15, 0.2) is 0 Å². The first-order valence-corrected chi connectivity index (χ1v) is 14.7. The molecule has 2 aromatic carbocycles. The van der Waals surface area contributed by atoms with Gasteiger partial charge in [-0.1, -0.05) is 41.6 Å². The molecule has 0 spiro atoms. The third-order valence-electron chi connectivity index (χ3n) is 7.22. The second-order valence-electron chi connectivity index (χ2n) is 11.2. The van der Waals surface area contributed by atoms with E-state index < -0.39 is 16.1 Å². The van der Waals surface area contributed by atoms with Crippen molar-refractivity contribution < 1.29 is 13.2 Å². The fraction of sp³-hybridized carbons (Fsp3) is 0.464. The van der Waals surface area contributed by atoms with Crippen LogP contribution < -0.4 is 10.6 Å². The van der Waals surface area contributed by atoms with Crippen molar-refractivity contribution in [2.75, 3.05) is 13.1 Å². The van der Waals surface area contributed by atoms with E-state index in [0.717, 1.165) is 25.8 Å². The second-order valence-corrected chi connectivity index (χ2v) is 13.1. The van der Waals surface area contributed by atoms with E-state index >= 15 is 0 Å². The molecular weight excluding hydrogens is 500 g/mol. The zero-order chi connectivity index (χ0) is 26.9. The number of carbonyl (C=O) groups is 1. The van der Waals surface area contributed by atoms with Crippen LogP contribution in [0.2, 0.25) is 0 Å². The normalized spacial score (nSPS) is 20.7. The van der Waals surface area contributed by atoms with Crippen LogP contribution >= 0.6 is 0 Å². The van der Waals surface area contributed by atoms with Crippen molar-refractivity contribution in [1.29, 1.82) is 0 Å². The molecule has 9 nitrogen and oxygen atoms in total. The van der Waals surface area contributed by atoms with Gasteiger partial charge in [-0.2, -0.15) is 4.31 Å². The highest BCUT2D eigenvalue weighted by atomic mass is 32.2. The Morgan fingerprint density at radius 1 is 1.13 bits per heavy atom. The van der Waals surface area contributed by atoms with E-state index in [1.54, 1.807) is 30.3 Å². The minimum absolute atomic E-state index is 0.0564. The number of piperazine rings is 1. The number of sulfonamides is 1. The highest BCUT2D eigenvalue weighted by molar-refractivity contribution is 7.89. The molecule has 0 saturated carbocycles. The molecular formula is C28H36N6O3S. The monoisotopic (exact) mass is 536 g/mol. The van der Waals surface area contributed by atoms with Crippen molar-refractivity contribution in [1.82, 2.24) is 29.9 Å². The van der Waals surface area contributed by atoms with Crippen LogP contribution in [-0.4, -0.2) is 58.3 Å². The Kier molecular flexibility index (Phi) is 7.39. The molecule has 1 aliphatic heterocycles. The summed E-state index contributed by atoms with van der Waals surface area (Å²) in [5, 5.41) is 15.1.